The zero-order valence-corrected chi connectivity index (χ0v) is 14.2. The molecule has 1 amide bonds. The maximum absolute atomic E-state index is 12.7. The van der Waals surface area contributed by atoms with Gasteiger partial charge in [-0.1, -0.05) is 29.8 Å². The molecule has 0 unspecified atom stereocenters. The van der Waals surface area contributed by atoms with Crippen LogP contribution < -0.4 is 4.74 Å². The van der Waals surface area contributed by atoms with E-state index in [9.17, 15) is 4.79 Å². The fraction of sp³-hybridized carbons (Fsp3) is 0.158. The summed E-state index contributed by atoms with van der Waals surface area (Å²) in [4.78, 5) is 18.4. The zero-order valence-electron chi connectivity index (χ0n) is 13.5. The van der Waals surface area contributed by atoms with Gasteiger partial charge >= 0.3 is 0 Å². The van der Waals surface area contributed by atoms with E-state index in [1.54, 1.807) is 41.8 Å². The molecule has 0 saturated carbocycles. The molecule has 3 aromatic rings. The molecule has 0 bridgehead atoms. The highest BCUT2D eigenvalue weighted by atomic mass is 35.5. The molecule has 0 saturated heterocycles. The summed E-state index contributed by atoms with van der Waals surface area (Å²) in [5.74, 6) is 1.02. The van der Waals surface area contributed by atoms with Gasteiger partial charge in [0.25, 0.3) is 5.91 Å². The van der Waals surface area contributed by atoms with E-state index in [0.29, 0.717) is 29.6 Å². The third-order valence-corrected chi connectivity index (χ3v) is 3.88. The topological polar surface area (TPSA) is 55.6 Å². The monoisotopic (exact) mass is 356 g/mol. The first-order valence-electron chi connectivity index (χ1n) is 7.79. The van der Waals surface area contributed by atoms with Gasteiger partial charge in [0.1, 0.15) is 11.5 Å². The van der Waals surface area contributed by atoms with Crippen molar-refractivity contribution in [3.05, 3.63) is 83.5 Å². The first-order valence-corrected chi connectivity index (χ1v) is 8.16. The predicted octanol–water partition coefficient (Wildman–Crippen LogP) is 3.94. The Labute approximate surface area is 150 Å². The van der Waals surface area contributed by atoms with Crippen LogP contribution in [0, 0.1) is 0 Å². The smallest absolute Gasteiger partial charge is 0.261 e. The summed E-state index contributed by atoms with van der Waals surface area (Å²) in [6.07, 6.45) is 5.02. The van der Waals surface area contributed by atoms with Crippen LogP contribution in [-0.2, 0) is 17.9 Å². The Morgan fingerprint density at radius 2 is 2.00 bits per heavy atom. The second kappa shape index (κ2) is 8.35. The summed E-state index contributed by atoms with van der Waals surface area (Å²) >= 11 is 6.06. The molecule has 0 atom stereocenters. The highest BCUT2D eigenvalue weighted by Crippen LogP contribution is 2.23. The Balaban J connectivity index is 1.69. The van der Waals surface area contributed by atoms with Crippen molar-refractivity contribution in [2.75, 3.05) is 6.61 Å². The summed E-state index contributed by atoms with van der Waals surface area (Å²) in [5, 5.41) is 0.472. The number of pyridine rings is 1. The van der Waals surface area contributed by atoms with Crippen LogP contribution in [-0.4, -0.2) is 22.4 Å². The fourth-order valence-corrected chi connectivity index (χ4v) is 2.52. The second-order valence-corrected chi connectivity index (χ2v) is 5.82. The molecule has 0 aliphatic rings. The van der Waals surface area contributed by atoms with Crippen molar-refractivity contribution in [1.29, 1.82) is 0 Å². The number of rotatable bonds is 7. The number of carbonyl (C=O) groups excluding carboxylic acids is 1. The van der Waals surface area contributed by atoms with E-state index in [0.717, 1.165) is 5.56 Å². The van der Waals surface area contributed by atoms with E-state index in [-0.39, 0.29) is 12.5 Å². The third-order valence-electron chi connectivity index (χ3n) is 3.56. The van der Waals surface area contributed by atoms with E-state index < -0.39 is 0 Å². The Morgan fingerprint density at radius 1 is 1.12 bits per heavy atom. The number of benzene rings is 1. The molecule has 128 valence electrons. The van der Waals surface area contributed by atoms with Crippen LogP contribution in [0.3, 0.4) is 0 Å². The van der Waals surface area contributed by atoms with Crippen LogP contribution >= 0.6 is 11.6 Å². The minimum Gasteiger partial charge on any atom is -0.482 e. The molecule has 0 fully saturated rings. The third kappa shape index (κ3) is 4.84. The lowest BCUT2D eigenvalue weighted by atomic mass is 10.2. The van der Waals surface area contributed by atoms with Gasteiger partial charge in [-0.15, -0.1) is 0 Å². The van der Waals surface area contributed by atoms with E-state index >= 15 is 0 Å². The second-order valence-electron chi connectivity index (χ2n) is 5.41. The molecule has 2 heterocycles. The summed E-state index contributed by atoms with van der Waals surface area (Å²) in [6.45, 7) is 0.663. The lowest BCUT2D eigenvalue weighted by molar-refractivity contribution is -0.134. The van der Waals surface area contributed by atoms with Crippen molar-refractivity contribution >= 4 is 17.5 Å². The molecule has 3 rings (SSSR count). The Hall–Kier alpha value is -2.79. The standard InChI is InChI=1S/C19H17ClN2O3/c20-17-7-1-2-8-18(17)25-14-19(23)22(13-16-6-4-10-24-16)12-15-5-3-9-21-11-15/h1-11H,12-14H2. The van der Waals surface area contributed by atoms with Crippen LogP contribution in [0.15, 0.2) is 71.6 Å². The highest BCUT2D eigenvalue weighted by molar-refractivity contribution is 6.32. The maximum Gasteiger partial charge on any atom is 0.261 e. The number of hydrogen-bond donors (Lipinski definition) is 0. The van der Waals surface area contributed by atoms with Gasteiger partial charge in [0.15, 0.2) is 6.61 Å². The number of halogens is 1. The molecular formula is C19H17ClN2O3. The minimum atomic E-state index is -0.167. The number of aromatic nitrogens is 1. The minimum absolute atomic E-state index is 0.106. The quantitative estimate of drug-likeness (QED) is 0.643. The number of nitrogens with zero attached hydrogens (tertiary/aromatic N) is 2. The number of furan rings is 1. The van der Waals surface area contributed by atoms with Crippen molar-refractivity contribution in [2.45, 2.75) is 13.1 Å². The first-order chi connectivity index (χ1) is 12.2. The van der Waals surface area contributed by atoms with Crippen molar-refractivity contribution in [3.63, 3.8) is 0 Å². The van der Waals surface area contributed by atoms with E-state index in [2.05, 4.69) is 4.98 Å². The summed E-state index contributed by atoms with van der Waals surface area (Å²) in [6, 6.07) is 14.5. The number of hydrogen-bond acceptors (Lipinski definition) is 4. The summed E-state index contributed by atoms with van der Waals surface area (Å²) in [7, 11) is 0. The molecule has 0 N–H and O–H groups in total. The fourth-order valence-electron chi connectivity index (χ4n) is 2.33. The van der Waals surface area contributed by atoms with Gasteiger partial charge in [-0.2, -0.15) is 0 Å². The molecule has 2 aromatic heterocycles. The number of ether oxygens (including phenoxy) is 1. The van der Waals surface area contributed by atoms with E-state index in [1.807, 2.05) is 30.3 Å². The first kappa shape index (κ1) is 17.0. The summed E-state index contributed by atoms with van der Waals surface area (Å²) in [5.41, 5.74) is 0.931. The van der Waals surface area contributed by atoms with Gasteiger partial charge < -0.3 is 14.1 Å². The molecule has 0 aliphatic heterocycles. The van der Waals surface area contributed by atoms with Gasteiger partial charge in [0.2, 0.25) is 0 Å². The van der Waals surface area contributed by atoms with Gasteiger partial charge in [0, 0.05) is 18.9 Å². The maximum atomic E-state index is 12.7. The molecule has 0 aliphatic carbocycles. The van der Waals surface area contributed by atoms with Crippen molar-refractivity contribution in [2.24, 2.45) is 0 Å². The number of carbonyl (C=O) groups is 1. The van der Waals surface area contributed by atoms with E-state index in [4.69, 9.17) is 20.8 Å². The molecule has 1 aromatic carbocycles. The Kier molecular flexibility index (Phi) is 5.69. The Bertz CT molecular complexity index is 807. The SMILES string of the molecule is O=C(COc1ccccc1Cl)N(Cc1cccnc1)Cc1ccco1. The average molecular weight is 357 g/mol. The van der Waals surface area contributed by atoms with Crippen LogP contribution in [0.1, 0.15) is 11.3 Å². The normalized spacial score (nSPS) is 10.4. The Morgan fingerprint density at radius 3 is 2.72 bits per heavy atom. The van der Waals surface area contributed by atoms with Gasteiger partial charge in [0.05, 0.1) is 17.8 Å². The highest BCUT2D eigenvalue weighted by Gasteiger charge is 2.17. The van der Waals surface area contributed by atoms with Crippen molar-refractivity contribution in [3.8, 4) is 5.75 Å². The van der Waals surface area contributed by atoms with Gasteiger partial charge in [-0.3, -0.25) is 9.78 Å². The molecule has 6 heteroatoms. The zero-order chi connectivity index (χ0) is 17.5. The van der Waals surface area contributed by atoms with Crippen molar-refractivity contribution in [1.82, 2.24) is 9.88 Å². The van der Waals surface area contributed by atoms with Crippen molar-refractivity contribution < 1.29 is 13.9 Å². The lowest BCUT2D eigenvalue weighted by Crippen LogP contribution is -2.34. The molecule has 0 radical (unpaired) electrons. The van der Waals surface area contributed by atoms with Crippen LogP contribution in [0.5, 0.6) is 5.75 Å². The van der Waals surface area contributed by atoms with Crippen LogP contribution in [0.25, 0.3) is 0 Å². The predicted molar refractivity (Wildman–Crippen MR) is 94.1 cm³/mol. The molecule has 25 heavy (non-hydrogen) atoms. The number of para-hydroxylation sites is 1. The van der Waals surface area contributed by atoms with Gasteiger partial charge in [-0.05, 0) is 35.9 Å². The van der Waals surface area contributed by atoms with Gasteiger partial charge in [-0.25, -0.2) is 0 Å². The largest absolute Gasteiger partial charge is 0.482 e. The van der Waals surface area contributed by atoms with E-state index in [1.165, 1.54) is 0 Å². The van der Waals surface area contributed by atoms with Crippen LogP contribution in [0.2, 0.25) is 5.02 Å². The molecular weight excluding hydrogens is 340 g/mol. The summed E-state index contributed by atoms with van der Waals surface area (Å²) < 4.78 is 10.9. The lowest BCUT2D eigenvalue weighted by Gasteiger charge is -2.22. The van der Waals surface area contributed by atoms with Crippen LogP contribution in [0.4, 0.5) is 0 Å². The average Bonchev–Trinajstić information content (AvgIpc) is 3.14. The molecule has 0 spiro atoms. The number of amides is 1. The molecule has 5 nitrogen and oxygen atoms in total.